The molecule has 0 spiro atoms. The van der Waals surface area contributed by atoms with Crippen molar-refractivity contribution in [3.05, 3.63) is 72.3 Å². The molecule has 0 saturated heterocycles. The molecule has 0 N–H and O–H groups in total. The Bertz CT molecular complexity index is 866. The second kappa shape index (κ2) is 6.16. The lowest BCUT2D eigenvalue weighted by molar-refractivity contribution is 0.0947. The summed E-state index contributed by atoms with van der Waals surface area (Å²) in [6.07, 6.45) is 7.81. The van der Waals surface area contributed by atoms with Gasteiger partial charge in [-0.3, -0.25) is 4.79 Å². The zero-order chi connectivity index (χ0) is 16.4. The number of ketones is 1. The lowest BCUT2D eigenvalue weighted by Gasteiger charge is -2.09. The van der Waals surface area contributed by atoms with Crippen LogP contribution in [0.2, 0.25) is 0 Å². The van der Waals surface area contributed by atoms with Crippen molar-refractivity contribution in [2.75, 3.05) is 0 Å². The fraction of sp³-hybridized carbons (Fsp3) is 0.167. The van der Waals surface area contributed by atoms with E-state index in [9.17, 15) is 4.79 Å². The number of rotatable bonds is 4. The average molecular weight is 318 g/mol. The number of hydrogen-bond acceptors (Lipinski definition) is 6. The number of nitrogens with zero attached hydrogens (tertiary/aromatic N) is 4. The van der Waals surface area contributed by atoms with Crippen LogP contribution in [-0.4, -0.2) is 25.7 Å². The molecule has 6 nitrogen and oxygen atoms in total. The molecule has 3 aromatic rings. The van der Waals surface area contributed by atoms with Gasteiger partial charge < -0.3 is 4.74 Å². The largest absolute Gasteiger partial charge is 0.454 e. The SMILES string of the molecule is O=C(c1ncc(Oc2ccccc2)cn1)C1CCc2cncnc21. The smallest absolute Gasteiger partial charge is 0.209 e. The number of Topliss-reactive ketones (excluding diaryl/α,β-unsaturated/α-hetero) is 1. The topological polar surface area (TPSA) is 77.9 Å². The van der Waals surface area contributed by atoms with Gasteiger partial charge in [0.1, 0.15) is 12.1 Å². The summed E-state index contributed by atoms with van der Waals surface area (Å²) in [4.78, 5) is 29.2. The Morgan fingerprint density at radius 3 is 2.58 bits per heavy atom. The normalized spacial score (nSPS) is 15.8. The highest BCUT2D eigenvalue weighted by molar-refractivity contribution is 5.98. The Labute approximate surface area is 138 Å². The van der Waals surface area contributed by atoms with E-state index in [-0.39, 0.29) is 17.5 Å². The number of benzene rings is 1. The zero-order valence-corrected chi connectivity index (χ0v) is 12.8. The van der Waals surface area contributed by atoms with Gasteiger partial charge in [-0.1, -0.05) is 18.2 Å². The van der Waals surface area contributed by atoms with Gasteiger partial charge in [-0.05, 0) is 30.5 Å². The molecule has 0 bridgehead atoms. The van der Waals surface area contributed by atoms with E-state index in [4.69, 9.17) is 4.74 Å². The third-order valence-electron chi connectivity index (χ3n) is 4.00. The van der Waals surface area contributed by atoms with Gasteiger partial charge in [-0.25, -0.2) is 19.9 Å². The van der Waals surface area contributed by atoms with Crippen molar-refractivity contribution in [2.45, 2.75) is 18.8 Å². The third kappa shape index (κ3) is 2.74. The third-order valence-corrected chi connectivity index (χ3v) is 4.00. The minimum Gasteiger partial charge on any atom is -0.454 e. The van der Waals surface area contributed by atoms with Gasteiger partial charge in [0.05, 0.1) is 24.0 Å². The summed E-state index contributed by atoms with van der Waals surface area (Å²) in [7, 11) is 0. The van der Waals surface area contributed by atoms with Gasteiger partial charge in [0.2, 0.25) is 5.78 Å². The molecular weight excluding hydrogens is 304 g/mol. The van der Waals surface area contributed by atoms with Crippen LogP contribution in [-0.2, 0) is 6.42 Å². The minimum atomic E-state index is -0.288. The van der Waals surface area contributed by atoms with Gasteiger partial charge in [0, 0.05) is 6.20 Å². The molecule has 0 radical (unpaired) electrons. The highest BCUT2D eigenvalue weighted by Gasteiger charge is 2.32. The predicted octanol–water partition coefficient (Wildman–Crippen LogP) is 2.97. The molecule has 4 rings (SSSR count). The maximum absolute atomic E-state index is 12.7. The first-order chi connectivity index (χ1) is 11.8. The Morgan fingerprint density at radius 1 is 1.00 bits per heavy atom. The quantitative estimate of drug-likeness (QED) is 0.688. The van der Waals surface area contributed by atoms with Crippen LogP contribution < -0.4 is 4.74 Å². The van der Waals surface area contributed by atoms with Crippen LogP contribution in [0, 0.1) is 0 Å². The summed E-state index contributed by atoms with van der Waals surface area (Å²) in [5, 5.41) is 0. The summed E-state index contributed by atoms with van der Waals surface area (Å²) < 4.78 is 5.64. The number of carbonyl (C=O) groups is 1. The van der Waals surface area contributed by atoms with Crippen molar-refractivity contribution in [3.8, 4) is 11.5 Å². The average Bonchev–Trinajstić information content (AvgIpc) is 3.07. The van der Waals surface area contributed by atoms with Crippen molar-refractivity contribution in [1.29, 1.82) is 0 Å². The van der Waals surface area contributed by atoms with E-state index in [1.165, 1.54) is 18.7 Å². The molecular formula is C18H14N4O2. The predicted molar refractivity (Wildman–Crippen MR) is 86.0 cm³/mol. The molecule has 118 valence electrons. The fourth-order valence-corrected chi connectivity index (χ4v) is 2.84. The first-order valence-electron chi connectivity index (χ1n) is 7.69. The van der Waals surface area contributed by atoms with Gasteiger partial charge >= 0.3 is 0 Å². The van der Waals surface area contributed by atoms with Crippen LogP contribution in [0.5, 0.6) is 11.5 Å². The number of fused-ring (bicyclic) bond motifs is 1. The van der Waals surface area contributed by atoms with E-state index in [0.717, 1.165) is 24.1 Å². The second-order valence-corrected chi connectivity index (χ2v) is 5.55. The Balaban J connectivity index is 1.52. The number of aromatic nitrogens is 4. The molecule has 0 fully saturated rings. The Morgan fingerprint density at radius 2 is 1.79 bits per heavy atom. The van der Waals surface area contributed by atoms with E-state index in [1.54, 1.807) is 6.20 Å². The number of aryl methyl sites for hydroxylation is 1. The molecule has 1 unspecified atom stereocenters. The maximum atomic E-state index is 12.7. The molecule has 0 amide bonds. The monoisotopic (exact) mass is 318 g/mol. The molecule has 2 aromatic heterocycles. The van der Waals surface area contributed by atoms with Crippen molar-refractivity contribution in [2.24, 2.45) is 0 Å². The van der Waals surface area contributed by atoms with Crippen molar-refractivity contribution in [1.82, 2.24) is 19.9 Å². The van der Waals surface area contributed by atoms with Gasteiger partial charge in [0.15, 0.2) is 11.6 Å². The van der Waals surface area contributed by atoms with Crippen molar-refractivity contribution >= 4 is 5.78 Å². The molecule has 1 aliphatic carbocycles. The van der Waals surface area contributed by atoms with Crippen LogP contribution in [0.1, 0.15) is 34.2 Å². The molecule has 2 heterocycles. The fourth-order valence-electron chi connectivity index (χ4n) is 2.84. The summed E-state index contributed by atoms with van der Waals surface area (Å²) in [6.45, 7) is 0. The van der Waals surface area contributed by atoms with Gasteiger partial charge in [0.25, 0.3) is 0 Å². The molecule has 6 heteroatoms. The minimum absolute atomic E-state index is 0.112. The molecule has 1 aromatic carbocycles. The van der Waals surface area contributed by atoms with Gasteiger partial charge in [-0.15, -0.1) is 0 Å². The lowest BCUT2D eigenvalue weighted by Crippen LogP contribution is -2.14. The molecule has 1 atom stereocenters. The van der Waals surface area contributed by atoms with Crippen LogP contribution in [0.3, 0.4) is 0 Å². The van der Waals surface area contributed by atoms with E-state index in [0.29, 0.717) is 11.5 Å². The molecule has 0 saturated carbocycles. The van der Waals surface area contributed by atoms with Crippen LogP contribution in [0.15, 0.2) is 55.2 Å². The van der Waals surface area contributed by atoms with E-state index in [2.05, 4.69) is 19.9 Å². The number of hydrogen-bond donors (Lipinski definition) is 0. The first kappa shape index (κ1) is 14.4. The van der Waals surface area contributed by atoms with E-state index >= 15 is 0 Å². The van der Waals surface area contributed by atoms with Crippen molar-refractivity contribution in [3.63, 3.8) is 0 Å². The molecule has 24 heavy (non-hydrogen) atoms. The number of para-hydroxylation sites is 1. The Hall–Kier alpha value is -3.15. The summed E-state index contributed by atoms with van der Waals surface area (Å²) in [6, 6.07) is 9.36. The second-order valence-electron chi connectivity index (χ2n) is 5.55. The summed E-state index contributed by atoms with van der Waals surface area (Å²) in [5.41, 5.74) is 1.82. The molecule has 0 aliphatic heterocycles. The number of ether oxygens (including phenoxy) is 1. The van der Waals surface area contributed by atoms with E-state index in [1.807, 2.05) is 30.3 Å². The standard InChI is InChI=1S/C18H14N4O2/c23-17(15-7-6-12-8-19-11-22-16(12)15)18-20-9-14(10-21-18)24-13-4-2-1-3-5-13/h1-5,8-11,15H,6-7H2. The van der Waals surface area contributed by atoms with Crippen LogP contribution >= 0.6 is 0 Å². The Kier molecular flexibility index (Phi) is 3.70. The van der Waals surface area contributed by atoms with E-state index < -0.39 is 0 Å². The highest BCUT2D eigenvalue weighted by Crippen LogP contribution is 2.32. The lowest BCUT2D eigenvalue weighted by atomic mass is 10.0. The highest BCUT2D eigenvalue weighted by atomic mass is 16.5. The zero-order valence-electron chi connectivity index (χ0n) is 12.8. The molecule has 1 aliphatic rings. The number of carbonyl (C=O) groups excluding carboxylic acids is 1. The van der Waals surface area contributed by atoms with Gasteiger partial charge in [-0.2, -0.15) is 0 Å². The summed E-state index contributed by atoms with van der Waals surface area (Å²) >= 11 is 0. The maximum Gasteiger partial charge on any atom is 0.209 e. The van der Waals surface area contributed by atoms with Crippen LogP contribution in [0.25, 0.3) is 0 Å². The van der Waals surface area contributed by atoms with Crippen molar-refractivity contribution < 1.29 is 9.53 Å². The first-order valence-corrected chi connectivity index (χ1v) is 7.69. The van der Waals surface area contributed by atoms with Crippen LogP contribution in [0.4, 0.5) is 0 Å². The summed E-state index contributed by atoms with van der Waals surface area (Å²) in [5.74, 6) is 0.975.